The number of aromatic carboxylic acids is 1. The topological polar surface area (TPSA) is 86.6 Å². The van der Waals surface area contributed by atoms with Gasteiger partial charge in [0.15, 0.2) is 0 Å². The van der Waals surface area contributed by atoms with Gasteiger partial charge in [0.1, 0.15) is 5.75 Å². The van der Waals surface area contributed by atoms with Crippen molar-refractivity contribution >= 4 is 45.1 Å². The van der Waals surface area contributed by atoms with E-state index in [4.69, 9.17) is 16.7 Å². The van der Waals surface area contributed by atoms with Gasteiger partial charge in [-0.05, 0) is 52.3 Å². The smallest absolute Gasteiger partial charge is 0.336 e. The van der Waals surface area contributed by atoms with Gasteiger partial charge in [-0.3, -0.25) is 4.79 Å². The molecule has 0 aliphatic heterocycles. The number of aromatic hydroxyl groups is 1. The third-order valence-electron chi connectivity index (χ3n) is 2.65. The molecule has 0 fully saturated rings. The molecule has 5 nitrogen and oxygen atoms in total. The van der Waals surface area contributed by atoms with Crippen LogP contribution in [0.5, 0.6) is 5.75 Å². The highest BCUT2D eigenvalue weighted by atomic mass is 79.9. The number of benzene rings is 2. The van der Waals surface area contributed by atoms with E-state index in [-0.39, 0.29) is 21.9 Å². The van der Waals surface area contributed by atoms with E-state index < -0.39 is 11.9 Å². The summed E-state index contributed by atoms with van der Waals surface area (Å²) in [4.78, 5) is 23.1. The van der Waals surface area contributed by atoms with E-state index in [0.717, 1.165) is 0 Å². The molecular weight excluding hydrogens is 362 g/mol. The van der Waals surface area contributed by atoms with Crippen molar-refractivity contribution in [3.63, 3.8) is 0 Å². The standard InChI is InChI=1S/C14H9BrClNO4/c15-11-3-1-7(5-9(11)14(20)21)17-13(19)10-6-8(18)2-4-12(10)16/h1-6,18H,(H,17,19)(H,20,21). The number of nitrogens with one attached hydrogen (secondary N) is 1. The van der Waals surface area contributed by atoms with Crippen molar-refractivity contribution in [3.8, 4) is 5.75 Å². The Labute approximate surface area is 133 Å². The summed E-state index contributed by atoms with van der Waals surface area (Å²) in [5.41, 5.74) is 0.422. The molecule has 0 aliphatic carbocycles. The summed E-state index contributed by atoms with van der Waals surface area (Å²) in [5.74, 6) is -1.76. The number of amides is 1. The van der Waals surface area contributed by atoms with Crippen LogP contribution in [0.2, 0.25) is 5.02 Å². The number of rotatable bonds is 3. The minimum atomic E-state index is -1.12. The number of halogens is 2. The molecule has 2 rings (SSSR count). The first-order valence-corrected chi connectivity index (χ1v) is 6.88. The highest BCUT2D eigenvalue weighted by Crippen LogP contribution is 2.24. The van der Waals surface area contributed by atoms with Crippen LogP contribution in [-0.4, -0.2) is 22.1 Å². The first kappa shape index (κ1) is 15.3. The molecule has 0 atom stereocenters. The van der Waals surface area contributed by atoms with E-state index in [9.17, 15) is 14.7 Å². The van der Waals surface area contributed by atoms with Gasteiger partial charge in [0, 0.05) is 10.2 Å². The molecule has 0 spiro atoms. The van der Waals surface area contributed by atoms with E-state index in [1.54, 1.807) is 6.07 Å². The van der Waals surface area contributed by atoms with Crippen LogP contribution in [0, 0.1) is 0 Å². The van der Waals surface area contributed by atoms with E-state index >= 15 is 0 Å². The predicted molar refractivity (Wildman–Crippen MR) is 82.2 cm³/mol. The maximum atomic E-state index is 12.1. The molecule has 0 aromatic heterocycles. The number of phenols is 1. The molecule has 108 valence electrons. The fourth-order valence-electron chi connectivity index (χ4n) is 1.65. The number of carbonyl (C=O) groups excluding carboxylic acids is 1. The lowest BCUT2D eigenvalue weighted by molar-refractivity contribution is 0.0695. The number of hydrogen-bond donors (Lipinski definition) is 3. The average Bonchev–Trinajstić information content (AvgIpc) is 2.43. The maximum Gasteiger partial charge on any atom is 0.336 e. The van der Waals surface area contributed by atoms with Gasteiger partial charge in [-0.25, -0.2) is 4.79 Å². The largest absolute Gasteiger partial charge is 0.508 e. The lowest BCUT2D eigenvalue weighted by Gasteiger charge is -2.08. The van der Waals surface area contributed by atoms with Crippen LogP contribution in [0.4, 0.5) is 5.69 Å². The monoisotopic (exact) mass is 369 g/mol. The third kappa shape index (κ3) is 3.53. The van der Waals surface area contributed by atoms with Crippen LogP contribution in [0.3, 0.4) is 0 Å². The quantitative estimate of drug-likeness (QED) is 0.768. The molecule has 1 amide bonds. The molecule has 0 unspecified atom stereocenters. The van der Waals surface area contributed by atoms with Crippen LogP contribution in [-0.2, 0) is 0 Å². The summed E-state index contributed by atoms with van der Waals surface area (Å²) >= 11 is 9.01. The summed E-state index contributed by atoms with van der Waals surface area (Å²) in [6.45, 7) is 0. The number of hydrogen-bond acceptors (Lipinski definition) is 3. The lowest BCUT2D eigenvalue weighted by Crippen LogP contribution is -2.13. The number of anilines is 1. The zero-order valence-corrected chi connectivity index (χ0v) is 12.8. The molecule has 0 heterocycles. The van der Waals surface area contributed by atoms with Gasteiger partial charge in [-0.15, -0.1) is 0 Å². The first-order valence-electron chi connectivity index (χ1n) is 5.71. The number of carboxylic acid groups (broad SMARTS) is 1. The Balaban J connectivity index is 2.29. The number of carboxylic acids is 1. The zero-order valence-electron chi connectivity index (χ0n) is 10.4. The Morgan fingerprint density at radius 1 is 1.10 bits per heavy atom. The number of carbonyl (C=O) groups is 2. The van der Waals surface area contributed by atoms with Gasteiger partial charge in [-0.2, -0.15) is 0 Å². The summed E-state index contributed by atoms with van der Waals surface area (Å²) in [6.07, 6.45) is 0. The van der Waals surface area contributed by atoms with Crippen molar-refractivity contribution in [3.05, 3.63) is 57.0 Å². The van der Waals surface area contributed by atoms with Crippen molar-refractivity contribution < 1.29 is 19.8 Å². The maximum absolute atomic E-state index is 12.1. The third-order valence-corrected chi connectivity index (χ3v) is 3.67. The SMILES string of the molecule is O=C(Nc1ccc(Br)c(C(=O)O)c1)c1cc(O)ccc1Cl. The summed E-state index contributed by atoms with van der Waals surface area (Å²) in [5, 5.41) is 21.1. The van der Waals surface area contributed by atoms with Crippen molar-refractivity contribution in [1.29, 1.82) is 0 Å². The van der Waals surface area contributed by atoms with Crippen molar-refractivity contribution in [2.75, 3.05) is 5.32 Å². The molecule has 0 radical (unpaired) electrons. The molecule has 0 saturated carbocycles. The normalized spacial score (nSPS) is 10.2. The lowest BCUT2D eigenvalue weighted by atomic mass is 10.1. The molecule has 7 heteroatoms. The minimum absolute atomic E-state index is 0.0230. The Hall–Kier alpha value is -2.05. The molecule has 0 saturated heterocycles. The van der Waals surface area contributed by atoms with E-state index in [1.807, 2.05) is 0 Å². The van der Waals surface area contributed by atoms with Crippen molar-refractivity contribution in [2.24, 2.45) is 0 Å². The molecule has 2 aromatic rings. The van der Waals surface area contributed by atoms with E-state index in [1.165, 1.54) is 30.3 Å². The molecule has 21 heavy (non-hydrogen) atoms. The Morgan fingerprint density at radius 3 is 2.48 bits per heavy atom. The Bertz CT molecular complexity index is 733. The minimum Gasteiger partial charge on any atom is -0.508 e. The Morgan fingerprint density at radius 2 is 1.81 bits per heavy atom. The van der Waals surface area contributed by atoms with E-state index in [0.29, 0.717) is 10.2 Å². The van der Waals surface area contributed by atoms with Gasteiger partial charge in [-0.1, -0.05) is 11.6 Å². The van der Waals surface area contributed by atoms with Gasteiger partial charge in [0.05, 0.1) is 16.1 Å². The molecular formula is C14H9BrClNO4. The highest BCUT2D eigenvalue weighted by molar-refractivity contribution is 9.10. The second kappa shape index (κ2) is 6.15. The van der Waals surface area contributed by atoms with Crippen molar-refractivity contribution in [2.45, 2.75) is 0 Å². The van der Waals surface area contributed by atoms with Crippen LogP contribution < -0.4 is 5.32 Å². The molecule has 2 aromatic carbocycles. The molecule has 3 N–H and O–H groups in total. The second-order valence-electron chi connectivity index (χ2n) is 4.12. The van der Waals surface area contributed by atoms with Crippen LogP contribution in [0.1, 0.15) is 20.7 Å². The van der Waals surface area contributed by atoms with Gasteiger partial charge in [0.25, 0.3) is 5.91 Å². The molecule has 0 aliphatic rings. The van der Waals surface area contributed by atoms with Crippen LogP contribution >= 0.6 is 27.5 Å². The fourth-order valence-corrected chi connectivity index (χ4v) is 2.27. The second-order valence-corrected chi connectivity index (χ2v) is 5.38. The van der Waals surface area contributed by atoms with Gasteiger partial charge in [0.2, 0.25) is 0 Å². The molecule has 0 bridgehead atoms. The van der Waals surface area contributed by atoms with E-state index in [2.05, 4.69) is 21.2 Å². The Kier molecular flexibility index (Phi) is 4.50. The van der Waals surface area contributed by atoms with Crippen LogP contribution in [0.25, 0.3) is 0 Å². The fraction of sp³-hybridized carbons (Fsp3) is 0. The average molecular weight is 371 g/mol. The summed E-state index contributed by atoms with van der Waals surface area (Å²) in [6, 6.07) is 8.38. The van der Waals surface area contributed by atoms with Crippen molar-refractivity contribution in [1.82, 2.24) is 0 Å². The van der Waals surface area contributed by atoms with Crippen LogP contribution in [0.15, 0.2) is 40.9 Å². The van der Waals surface area contributed by atoms with Gasteiger partial charge >= 0.3 is 5.97 Å². The highest BCUT2D eigenvalue weighted by Gasteiger charge is 2.14. The number of phenolic OH excluding ortho intramolecular Hbond substituents is 1. The summed E-state index contributed by atoms with van der Waals surface area (Å²) in [7, 11) is 0. The van der Waals surface area contributed by atoms with Gasteiger partial charge < -0.3 is 15.5 Å². The zero-order chi connectivity index (χ0) is 15.6. The summed E-state index contributed by atoms with van der Waals surface area (Å²) < 4.78 is 0.406. The first-order chi connectivity index (χ1) is 9.88. The predicted octanol–water partition coefficient (Wildman–Crippen LogP) is 3.76.